The van der Waals surface area contributed by atoms with Gasteiger partial charge in [0.2, 0.25) is 0 Å². The minimum Gasteiger partial charge on any atom is -0.545 e. The molecule has 0 aromatic heterocycles. The second-order valence-corrected chi connectivity index (χ2v) is 6.80. The van der Waals surface area contributed by atoms with Crippen LogP contribution in [0.5, 0.6) is 0 Å². The Balaban J connectivity index is 3.27. The molecular formula is C20H28O4-2. The van der Waals surface area contributed by atoms with Crippen molar-refractivity contribution in [3.05, 3.63) is 34.4 Å². The normalized spacial score (nSPS) is 13.5. The first-order valence-electron chi connectivity index (χ1n) is 8.89. The molecule has 0 amide bonds. The van der Waals surface area contributed by atoms with Gasteiger partial charge in [-0.2, -0.15) is 0 Å². The number of carboxylic acids is 2. The zero-order valence-electron chi connectivity index (χ0n) is 15.2. The van der Waals surface area contributed by atoms with Crippen LogP contribution in [0.4, 0.5) is 0 Å². The summed E-state index contributed by atoms with van der Waals surface area (Å²) in [5.74, 6) is -1.90. The average molecular weight is 332 g/mol. The quantitative estimate of drug-likeness (QED) is 0.659. The van der Waals surface area contributed by atoms with Crippen molar-refractivity contribution >= 4 is 11.9 Å². The number of hydrogen-bond donors (Lipinski definition) is 0. The smallest absolute Gasteiger partial charge is 0.0724 e. The topological polar surface area (TPSA) is 80.3 Å². The molecule has 1 rings (SSSR count). The molecule has 1 aromatic carbocycles. The third-order valence-corrected chi connectivity index (χ3v) is 5.02. The molecule has 0 aliphatic rings. The van der Waals surface area contributed by atoms with Crippen LogP contribution in [0.2, 0.25) is 0 Å². The number of rotatable bonds is 10. The van der Waals surface area contributed by atoms with Crippen molar-refractivity contribution in [2.24, 2.45) is 11.8 Å². The molecule has 2 atom stereocenters. The molecular weight excluding hydrogens is 304 g/mol. The van der Waals surface area contributed by atoms with E-state index in [1.807, 2.05) is 0 Å². The number of aryl methyl sites for hydroxylation is 1. The molecule has 0 heterocycles. The highest BCUT2D eigenvalue weighted by Gasteiger charge is 2.16. The summed E-state index contributed by atoms with van der Waals surface area (Å²) < 4.78 is 0. The number of carbonyl (C=O) groups excluding carboxylic acids is 2. The van der Waals surface area contributed by atoms with E-state index in [0.717, 1.165) is 37.7 Å². The van der Waals surface area contributed by atoms with Gasteiger partial charge in [0.25, 0.3) is 0 Å². The van der Waals surface area contributed by atoms with Gasteiger partial charge in [-0.1, -0.05) is 52.7 Å². The maximum Gasteiger partial charge on any atom is 0.0724 e. The lowest BCUT2D eigenvalue weighted by atomic mass is 9.87. The van der Waals surface area contributed by atoms with E-state index >= 15 is 0 Å². The highest BCUT2D eigenvalue weighted by molar-refractivity contribution is 6.01. The summed E-state index contributed by atoms with van der Waals surface area (Å²) in [7, 11) is 0. The van der Waals surface area contributed by atoms with E-state index < -0.39 is 11.9 Å². The Morgan fingerprint density at radius 1 is 0.917 bits per heavy atom. The van der Waals surface area contributed by atoms with Gasteiger partial charge < -0.3 is 19.8 Å². The molecule has 24 heavy (non-hydrogen) atoms. The number of aromatic carboxylic acids is 2. The van der Waals surface area contributed by atoms with Gasteiger partial charge in [-0.25, -0.2) is 0 Å². The second-order valence-electron chi connectivity index (χ2n) is 6.80. The van der Waals surface area contributed by atoms with E-state index in [1.165, 1.54) is 6.07 Å². The van der Waals surface area contributed by atoms with Crippen molar-refractivity contribution in [3.8, 4) is 0 Å². The van der Waals surface area contributed by atoms with Gasteiger partial charge >= 0.3 is 0 Å². The Kier molecular flexibility index (Phi) is 7.96. The average Bonchev–Trinajstić information content (AvgIpc) is 2.56. The van der Waals surface area contributed by atoms with Crippen molar-refractivity contribution in [2.75, 3.05) is 0 Å². The molecule has 0 aliphatic carbocycles. The summed E-state index contributed by atoms with van der Waals surface area (Å²) >= 11 is 0. The number of benzene rings is 1. The number of carboxylic acid groups (broad SMARTS) is 2. The molecule has 0 saturated heterocycles. The molecule has 2 unspecified atom stereocenters. The van der Waals surface area contributed by atoms with Crippen LogP contribution >= 0.6 is 0 Å². The van der Waals surface area contributed by atoms with E-state index in [4.69, 9.17) is 0 Å². The van der Waals surface area contributed by atoms with Crippen molar-refractivity contribution in [1.82, 2.24) is 0 Å². The van der Waals surface area contributed by atoms with Gasteiger partial charge in [0.05, 0.1) is 11.9 Å². The molecule has 0 fully saturated rings. The van der Waals surface area contributed by atoms with Gasteiger partial charge in [0, 0.05) is 11.1 Å². The number of carbonyl (C=O) groups is 2. The molecule has 0 radical (unpaired) electrons. The first-order chi connectivity index (χ1) is 11.3. The summed E-state index contributed by atoms with van der Waals surface area (Å²) in [6.07, 6.45) is 5.14. The van der Waals surface area contributed by atoms with Crippen molar-refractivity contribution in [1.29, 1.82) is 0 Å². The van der Waals surface area contributed by atoms with Gasteiger partial charge in [0.15, 0.2) is 0 Å². The number of hydrogen-bond acceptors (Lipinski definition) is 4. The van der Waals surface area contributed by atoms with E-state index in [2.05, 4.69) is 27.7 Å². The summed E-state index contributed by atoms with van der Waals surface area (Å²) in [6.45, 7) is 8.49. The molecule has 1 aromatic rings. The van der Waals surface area contributed by atoms with Crippen LogP contribution in [-0.4, -0.2) is 11.9 Å². The van der Waals surface area contributed by atoms with E-state index in [-0.39, 0.29) is 11.1 Å². The first-order valence-corrected chi connectivity index (χ1v) is 8.89. The molecule has 4 heteroatoms. The SMILES string of the molecule is CCC(C)CCc1ccc(C(=O)[O-])c(C(=O)[O-])c1CCC(C)CC. The lowest BCUT2D eigenvalue weighted by Gasteiger charge is -2.22. The van der Waals surface area contributed by atoms with Crippen LogP contribution in [0.25, 0.3) is 0 Å². The van der Waals surface area contributed by atoms with Crippen LogP contribution in [0.1, 0.15) is 85.2 Å². The Morgan fingerprint density at radius 3 is 1.92 bits per heavy atom. The maximum absolute atomic E-state index is 11.6. The van der Waals surface area contributed by atoms with Crippen molar-refractivity contribution < 1.29 is 19.8 Å². The standard InChI is InChI=1S/C20H30O4/c1-5-13(3)7-9-15-10-12-17(19(21)22)18(20(23)24)16(15)11-8-14(4)6-2/h10,12-14H,5-9,11H2,1-4H3,(H,21,22)(H,23,24)/p-2. The largest absolute Gasteiger partial charge is 0.545 e. The van der Waals surface area contributed by atoms with Crippen LogP contribution in [0.3, 0.4) is 0 Å². The lowest BCUT2D eigenvalue weighted by molar-refractivity contribution is -0.259. The minimum absolute atomic E-state index is 0.194. The molecule has 0 saturated carbocycles. The van der Waals surface area contributed by atoms with Gasteiger partial charge in [-0.05, 0) is 48.6 Å². The summed E-state index contributed by atoms with van der Waals surface area (Å²) in [4.78, 5) is 22.9. The van der Waals surface area contributed by atoms with Gasteiger partial charge in [-0.15, -0.1) is 0 Å². The fourth-order valence-corrected chi connectivity index (χ4v) is 2.81. The zero-order valence-corrected chi connectivity index (χ0v) is 15.2. The third-order valence-electron chi connectivity index (χ3n) is 5.02. The molecule has 0 bridgehead atoms. The Labute approximate surface area is 144 Å². The predicted octanol–water partition coefficient (Wildman–Crippen LogP) is 2.37. The Bertz CT molecular complexity index is 577. The van der Waals surface area contributed by atoms with E-state index in [1.54, 1.807) is 6.07 Å². The van der Waals surface area contributed by atoms with E-state index in [0.29, 0.717) is 23.8 Å². The lowest BCUT2D eigenvalue weighted by Crippen LogP contribution is -2.32. The Hall–Kier alpha value is -1.84. The zero-order chi connectivity index (χ0) is 18.3. The monoisotopic (exact) mass is 332 g/mol. The van der Waals surface area contributed by atoms with Gasteiger partial charge in [-0.3, -0.25) is 0 Å². The van der Waals surface area contributed by atoms with Crippen molar-refractivity contribution in [3.63, 3.8) is 0 Å². The van der Waals surface area contributed by atoms with E-state index in [9.17, 15) is 19.8 Å². The summed E-state index contributed by atoms with van der Waals surface area (Å²) in [6, 6.07) is 3.09. The molecule has 4 nitrogen and oxygen atoms in total. The van der Waals surface area contributed by atoms with Crippen LogP contribution < -0.4 is 10.2 Å². The third kappa shape index (κ3) is 5.36. The fourth-order valence-electron chi connectivity index (χ4n) is 2.81. The highest BCUT2D eigenvalue weighted by atomic mass is 16.4. The maximum atomic E-state index is 11.6. The first kappa shape index (κ1) is 20.2. The van der Waals surface area contributed by atoms with Crippen LogP contribution in [0.15, 0.2) is 12.1 Å². The predicted molar refractivity (Wildman–Crippen MR) is 90.7 cm³/mol. The Morgan fingerprint density at radius 2 is 1.46 bits per heavy atom. The molecule has 0 spiro atoms. The highest BCUT2D eigenvalue weighted by Crippen LogP contribution is 2.25. The van der Waals surface area contributed by atoms with Crippen molar-refractivity contribution in [2.45, 2.75) is 66.2 Å². The molecule has 134 valence electrons. The minimum atomic E-state index is -1.47. The van der Waals surface area contributed by atoms with Gasteiger partial charge in [0.1, 0.15) is 0 Å². The van der Waals surface area contributed by atoms with Crippen LogP contribution in [-0.2, 0) is 12.8 Å². The van der Waals surface area contributed by atoms with Crippen LogP contribution in [0, 0.1) is 11.8 Å². The fraction of sp³-hybridized carbons (Fsp3) is 0.600. The molecule has 0 N–H and O–H groups in total. The summed E-state index contributed by atoms with van der Waals surface area (Å²) in [5, 5.41) is 22.9. The summed E-state index contributed by atoms with van der Waals surface area (Å²) in [5.41, 5.74) is 1.06. The molecule has 0 aliphatic heterocycles. The second kappa shape index (κ2) is 9.45.